The van der Waals surface area contributed by atoms with E-state index in [1.54, 1.807) is 13.8 Å². The van der Waals surface area contributed by atoms with Gasteiger partial charge in [-0.05, 0) is 44.4 Å². The monoisotopic (exact) mass is 419 g/mol. The van der Waals surface area contributed by atoms with E-state index in [0.29, 0.717) is 25.9 Å². The van der Waals surface area contributed by atoms with Gasteiger partial charge in [0.1, 0.15) is 6.10 Å². The molecule has 162 valence electrons. The van der Waals surface area contributed by atoms with Crippen molar-refractivity contribution in [3.8, 4) is 11.5 Å². The Balaban J connectivity index is 3.37. The minimum Gasteiger partial charge on any atom is -0.499 e. The number of hydrogen-bond acceptors (Lipinski definition) is 7. The van der Waals surface area contributed by atoms with Crippen molar-refractivity contribution in [3.63, 3.8) is 0 Å². The van der Waals surface area contributed by atoms with E-state index in [4.69, 9.17) is 16.0 Å². The lowest BCUT2D eigenvalue weighted by Gasteiger charge is -2.18. The van der Waals surface area contributed by atoms with E-state index < -0.39 is 40.3 Å². The normalized spacial score (nSPS) is 11.0. The van der Waals surface area contributed by atoms with E-state index in [1.807, 2.05) is 13.8 Å². The maximum Gasteiger partial charge on any atom is 0.514 e. The van der Waals surface area contributed by atoms with Crippen LogP contribution in [0, 0.1) is 16.7 Å². The molecule has 0 bridgehead atoms. The van der Waals surface area contributed by atoms with Crippen molar-refractivity contribution >= 4 is 23.8 Å². The van der Waals surface area contributed by atoms with Gasteiger partial charge in [0.05, 0.1) is 11.5 Å². The van der Waals surface area contributed by atoms with Crippen LogP contribution in [0.3, 0.4) is 0 Å². The molecule has 1 amide bonds. The van der Waals surface area contributed by atoms with Crippen LogP contribution in [0.1, 0.15) is 46.1 Å². The van der Waals surface area contributed by atoms with Gasteiger partial charge >= 0.3 is 11.8 Å². The molecule has 0 fully saturated rings. The molecule has 1 rings (SSSR count). The zero-order valence-electron chi connectivity index (χ0n) is 17.4. The molecule has 1 aromatic carbocycles. The number of carbonyl (C=O) groups excluding carboxylic acids is 2. The van der Waals surface area contributed by atoms with Gasteiger partial charge in [0.25, 0.3) is 11.6 Å². The number of amides is 1. The predicted molar refractivity (Wildman–Crippen MR) is 109 cm³/mol. The third-order valence-electron chi connectivity index (χ3n) is 4.33. The molecule has 0 aliphatic rings. The highest BCUT2D eigenvalue weighted by molar-refractivity contribution is 5.99. The quantitative estimate of drug-likeness (QED) is 0.159. The summed E-state index contributed by atoms with van der Waals surface area (Å²) in [5.74, 6) is -1.91. The number of nitro groups is 1. The minimum atomic E-state index is -1.13. The molecule has 0 atom stereocenters. The number of rotatable bonds is 9. The summed E-state index contributed by atoms with van der Waals surface area (Å²) < 4.78 is 10.0. The highest BCUT2D eigenvalue weighted by Crippen LogP contribution is 2.38. The largest absolute Gasteiger partial charge is 0.514 e. The SMILES string of the molecule is [C-]#[N+]C(=Cc1cc(OC(=O)OC(CC)CC)c(O)c([N+](=O)[O-])c1)C(=O)N(CC)CC. The zero-order chi connectivity index (χ0) is 22.8. The molecule has 0 radical (unpaired) electrons. The lowest BCUT2D eigenvalue weighted by molar-refractivity contribution is -0.385. The molecular formula is C20H25N3O7. The first kappa shape index (κ1) is 24.4. The molecule has 0 spiro atoms. The molecule has 10 heteroatoms. The first-order valence-electron chi connectivity index (χ1n) is 9.50. The second-order valence-electron chi connectivity index (χ2n) is 6.17. The number of likely N-dealkylation sites (N-methyl/N-ethyl adjacent to an activating group) is 1. The zero-order valence-corrected chi connectivity index (χ0v) is 17.4. The van der Waals surface area contributed by atoms with Crippen LogP contribution >= 0.6 is 0 Å². The van der Waals surface area contributed by atoms with E-state index in [-0.39, 0.29) is 11.3 Å². The van der Waals surface area contributed by atoms with Gasteiger partial charge in [-0.2, -0.15) is 0 Å². The van der Waals surface area contributed by atoms with Gasteiger partial charge in [-0.25, -0.2) is 9.64 Å². The average molecular weight is 419 g/mol. The first-order valence-corrected chi connectivity index (χ1v) is 9.50. The van der Waals surface area contributed by atoms with Gasteiger partial charge in [0, 0.05) is 19.2 Å². The van der Waals surface area contributed by atoms with E-state index in [1.165, 1.54) is 4.90 Å². The van der Waals surface area contributed by atoms with Gasteiger partial charge in [0.15, 0.2) is 5.75 Å². The second-order valence-corrected chi connectivity index (χ2v) is 6.17. The average Bonchev–Trinajstić information content (AvgIpc) is 2.72. The van der Waals surface area contributed by atoms with Crippen molar-refractivity contribution in [2.45, 2.75) is 46.6 Å². The van der Waals surface area contributed by atoms with Gasteiger partial charge in [0.2, 0.25) is 5.75 Å². The Kier molecular flexibility index (Phi) is 9.29. The molecule has 0 aliphatic carbocycles. The van der Waals surface area contributed by atoms with Crippen molar-refractivity contribution in [2.75, 3.05) is 13.1 Å². The second kappa shape index (κ2) is 11.4. The summed E-state index contributed by atoms with van der Waals surface area (Å²) in [5, 5.41) is 21.4. The van der Waals surface area contributed by atoms with Crippen LogP contribution in [0.4, 0.5) is 10.5 Å². The third kappa shape index (κ3) is 6.20. The van der Waals surface area contributed by atoms with Gasteiger partial charge in [-0.3, -0.25) is 14.9 Å². The van der Waals surface area contributed by atoms with E-state index >= 15 is 0 Å². The van der Waals surface area contributed by atoms with E-state index in [9.17, 15) is 24.8 Å². The highest BCUT2D eigenvalue weighted by Gasteiger charge is 2.24. The van der Waals surface area contributed by atoms with Crippen molar-refractivity contribution in [2.24, 2.45) is 0 Å². The summed E-state index contributed by atoms with van der Waals surface area (Å²) in [6, 6.07) is 2.10. The number of benzene rings is 1. The van der Waals surface area contributed by atoms with Crippen molar-refractivity contribution in [3.05, 3.63) is 44.9 Å². The molecule has 10 nitrogen and oxygen atoms in total. The summed E-state index contributed by atoms with van der Waals surface area (Å²) >= 11 is 0. The van der Waals surface area contributed by atoms with Gasteiger partial charge < -0.3 is 19.5 Å². The number of aromatic hydroxyl groups is 1. The van der Waals surface area contributed by atoms with Gasteiger partial charge in [-0.15, -0.1) is 0 Å². The molecule has 1 N–H and O–H groups in total. The van der Waals surface area contributed by atoms with Crippen LogP contribution in [-0.4, -0.2) is 46.2 Å². The molecule has 0 heterocycles. The Bertz CT molecular complexity index is 866. The Morgan fingerprint density at radius 3 is 2.33 bits per heavy atom. The van der Waals surface area contributed by atoms with Crippen LogP contribution in [0.5, 0.6) is 11.5 Å². The Hall–Kier alpha value is -3.61. The highest BCUT2D eigenvalue weighted by atomic mass is 16.7. The Morgan fingerprint density at radius 1 is 1.27 bits per heavy atom. The van der Waals surface area contributed by atoms with Crippen molar-refractivity contribution in [1.29, 1.82) is 0 Å². The van der Waals surface area contributed by atoms with Gasteiger partial charge in [-0.1, -0.05) is 13.8 Å². The smallest absolute Gasteiger partial charge is 0.499 e. The van der Waals surface area contributed by atoms with Crippen molar-refractivity contribution in [1.82, 2.24) is 4.90 Å². The van der Waals surface area contributed by atoms with E-state index in [2.05, 4.69) is 4.85 Å². The number of phenols is 1. The fourth-order valence-electron chi connectivity index (χ4n) is 2.59. The third-order valence-corrected chi connectivity index (χ3v) is 4.33. The van der Waals surface area contributed by atoms with Crippen molar-refractivity contribution < 1.29 is 29.1 Å². The Morgan fingerprint density at radius 2 is 1.87 bits per heavy atom. The maximum absolute atomic E-state index is 12.4. The predicted octanol–water partition coefficient (Wildman–Crippen LogP) is 4.13. The molecule has 0 aliphatic heterocycles. The summed E-state index contributed by atoms with van der Waals surface area (Å²) in [4.78, 5) is 39.5. The fraction of sp³-hybridized carbons (Fsp3) is 0.450. The van der Waals surface area contributed by atoms with Crippen LogP contribution < -0.4 is 4.74 Å². The molecule has 1 aromatic rings. The molecule has 0 unspecified atom stereocenters. The fourth-order valence-corrected chi connectivity index (χ4v) is 2.59. The molecule has 0 saturated carbocycles. The number of ether oxygens (including phenoxy) is 2. The first-order chi connectivity index (χ1) is 14.2. The van der Waals surface area contributed by atoms with Crippen LogP contribution in [0.2, 0.25) is 0 Å². The summed E-state index contributed by atoms with van der Waals surface area (Å²) in [6.07, 6.45) is 0.696. The molecule has 30 heavy (non-hydrogen) atoms. The molecular weight excluding hydrogens is 394 g/mol. The van der Waals surface area contributed by atoms with Crippen LogP contribution in [0.15, 0.2) is 17.8 Å². The topological polar surface area (TPSA) is 124 Å². The number of nitro benzene ring substituents is 1. The maximum atomic E-state index is 12.4. The summed E-state index contributed by atoms with van der Waals surface area (Å²) in [5.41, 5.74) is -0.978. The molecule has 0 aromatic heterocycles. The molecule has 0 saturated heterocycles. The van der Waals surface area contributed by atoms with Crippen LogP contribution in [0.25, 0.3) is 10.9 Å². The summed E-state index contributed by atoms with van der Waals surface area (Å²) in [7, 11) is 0. The number of carbonyl (C=O) groups is 2. The van der Waals surface area contributed by atoms with Crippen LogP contribution in [-0.2, 0) is 9.53 Å². The lowest BCUT2D eigenvalue weighted by Crippen LogP contribution is -2.30. The Labute approximate surface area is 174 Å². The summed E-state index contributed by atoms with van der Waals surface area (Å²) in [6.45, 7) is 15.2. The number of hydrogen-bond donors (Lipinski definition) is 1. The van der Waals surface area contributed by atoms with E-state index in [0.717, 1.165) is 18.2 Å². The lowest BCUT2D eigenvalue weighted by atomic mass is 10.1. The standard InChI is InChI=1S/C20H25N3O7/c1-6-14(7-2)29-20(26)30-17-12-13(11-16(18(17)24)23(27)28)10-15(21-5)19(25)22(8-3)9-4/h10-12,14,24H,6-9H2,1-4H3. The minimum absolute atomic E-state index is 0.0383. The number of phenolic OH excluding ortho intramolecular Hbond substituents is 1. The number of nitrogens with zero attached hydrogens (tertiary/aromatic N) is 3.